The maximum atomic E-state index is 12.2. The lowest BCUT2D eigenvalue weighted by atomic mass is 10.1. The van der Waals surface area contributed by atoms with Crippen LogP contribution in [-0.2, 0) is 9.59 Å². The molecule has 2 N–H and O–H groups in total. The largest absolute Gasteiger partial charge is 0.333 e. The molecule has 0 saturated heterocycles. The quantitative estimate of drug-likeness (QED) is 0.821. The Bertz CT molecular complexity index is 761. The van der Waals surface area contributed by atoms with Gasteiger partial charge < -0.3 is 5.32 Å². The second-order valence-electron chi connectivity index (χ2n) is 6.73. The number of halogens is 1. The molecule has 2 rings (SSSR count). The average Bonchev–Trinajstić information content (AvgIpc) is 2.86. The number of anilines is 1. The fourth-order valence-corrected chi connectivity index (χ4v) is 3.29. The Hall–Kier alpha value is -2.06. The first-order chi connectivity index (χ1) is 12.1. The highest BCUT2D eigenvalue weighted by Gasteiger charge is 2.32. The van der Waals surface area contributed by atoms with Gasteiger partial charge >= 0.3 is 6.03 Å². The van der Waals surface area contributed by atoms with Gasteiger partial charge in [-0.15, -0.1) is 0 Å². The van der Waals surface area contributed by atoms with Crippen molar-refractivity contribution in [3.8, 4) is 0 Å². The van der Waals surface area contributed by atoms with E-state index in [0.29, 0.717) is 15.9 Å². The van der Waals surface area contributed by atoms with Gasteiger partial charge in [-0.2, -0.15) is 0 Å². The van der Waals surface area contributed by atoms with Crippen LogP contribution in [0.15, 0.2) is 29.3 Å². The van der Waals surface area contributed by atoms with Crippen LogP contribution in [0.2, 0.25) is 5.02 Å². The predicted molar refractivity (Wildman–Crippen MR) is 105 cm³/mol. The van der Waals surface area contributed by atoms with Crippen molar-refractivity contribution in [1.82, 2.24) is 10.6 Å². The van der Waals surface area contributed by atoms with Gasteiger partial charge in [-0.05, 0) is 39.8 Å². The predicted octanol–water partition coefficient (Wildman–Crippen LogP) is 2.79. The highest BCUT2D eigenvalue weighted by atomic mass is 35.5. The minimum Gasteiger partial charge on any atom is -0.333 e. The molecule has 1 aliphatic heterocycles. The lowest BCUT2D eigenvalue weighted by molar-refractivity contribution is -0.119. The Morgan fingerprint density at radius 2 is 1.96 bits per heavy atom. The molecule has 0 unspecified atom stereocenters. The third-order valence-corrected chi connectivity index (χ3v) is 4.67. The summed E-state index contributed by atoms with van der Waals surface area (Å²) < 4.78 is 0. The van der Waals surface area contributed by atoms with Gasteiger partial charge in [-0.1, -0.05) is 35.5 Å². The third-order valence-electron chi connectivity index (χ3n) is 3.26. The zero-order valence-electron chi connectivity index (χ0n) is 15.0. The van der Waals surface area contributed by atoms with Gasteiger partial charge in [0.15, 0.2) is 5.17 Å². The van der Waals surface area contributed by atoms with Gasteiger partial charge in [0.2, 0.25) is 5.91 Å². The summed E-state index contributed by atoms with van der Waals surface area (Å²) in [5.74, 6) is -0.698. The van der Waals surface area contributed by atoms with Crippen LogP contribution in [0.5, 0.6) is 0 Å². The molecule has 1 aliphatic rings. The topological polar surface area (TPSA) is 90.9 Å². The normalized spacial score (nSPS) is 15.5. The van der Waals surface area contributed by atoms with E-state index in [0.717, 1.165) is 11.8 Å². The SMILES string of the molecule is C[C@@H](SC1=NCC(=O)N1c1ccccc1Cl)C(=O)NC(=O)NC(C)(C)C. The molecular weight excluding hydrogens is 376 g/mol. The number of amides is 4. The molecule has 1 aromatic rings. The van der Waals surface area contributed by atoms with Gasteiger partial charge in [0.1, 0.15) is 6.54 Å². The minimum atomic E-state index is -0.629. The first-order valence-corrected chi connectivity index (χ1v) is 9.26. The van der Waals surface area contributed by atoms with E-state index in [9.17, 15) is 14.4 Å². The van der Waals surface area contributed by atoms with E-state index >= 15 is 0 Å². The molecule has 0 aromatic heterocycles. The number of hydrogen-bond donors (Lipinski definition) is 2. The van der Waals surface area contributed by atoms with Crippen molar-refractivity contribution in [2.24, 2.45) is 4.99 Å². The number of hydrogen-bond acceptors (Lipinski definition) is 5. The van der Waals surface area contributed by atoms with E-state index < -0.39 is 22.7 Å². The maximum Gasteiger partial charge on any atom is 0.321 e. The van der Waals surface area contributed by atoms with Crippen molar-refractivity contribution in [3.05, 3.63) is 29.3 Å². The van der Waals surface area contributed by atoms with Crippen LogP contribution in [0.4, 0.5) is 10.5 Å². The highest BCUT2D eigenvalue weighted by molar-refractivity contribution is 8.15. The number of carbonyl (C=O) groups is 3. The Labute approximate surface area is 161 Å². The number of nitrogens with one attached hydrogen (secondary N) is 2. The number of rotatable bonds is 3. The third kappa shape index (κ3) is 5.22. The Morgan fingerprint density at radius 1 is 1.31 bits per heavy atom. The smallest absolute Gasteiger partial charge is 0.321 e. The van der Waals surface area contributed by atoms with Crippen LogP contribution in [0.3, 0.4) is 0 Å². The first-order valence-electron chi connectivity index (χ1n) is 8.00. The number of amidine groups is 1. The minimum absolute atomic E-state index is 0.00753. The second kappa shape index (κ2) is 8.09. The van der Waals surface area contributed by atoms with Crippen LogP contribution in [0.25, 0.3) is 0 Å². The second-order valence-corrected chi connectivity index (χ2v) is 8.45. The molecule has 4 amide bonds. The van der Waals surface area contributed by atoms with Gasteiger partial charge in [-0.25, -0.2) is 4.79 Å². The molecule has 1 aromatic carbocycles. The summed E-state index contributed by atoms with van der Waals surface area (Å²) in [7, 11) is 0. The standard InChI is InChI=1S/C17H21ClN4O3S/c1-10(14(24)20-15(25)21-17(2,3)4)26-16-19-9-13(23)22(16)12-8-6-5-7-11(12)18/h5-8,10H,9H2,1-4H3,(H2,20,21,24,25)/t10-/m1/s1. The molecule has 0 saturated carbocycles. The summed E-state index contributed by atoms with van der Waals surface area (Å²) in [4.78, 5) is 41.9. The van der Waals surface area contributed by atoms with E-state index in [4.69, 9.17) is 11.6 Å². The fraction of sp³-hybridized carbons (Fsp3) is 0.412. The van der Waals surface area contributed by atoms with Crippen molar-refractivity contribution in [2.45, 2.75) is 38.5 Å². The molecular formula is C17H21ClN4O3S. The number of aliphatic imine (C=N–C) groups is 1. The van der Waals surface area contributed by atoms with E-state index in [-0.39, 0.29) is 12.5 Å². The van der Waals surface area contributed by atoms with Gasteiger partial charge in [-0.3, -0.25) is 24.8 Å². The molecule has 9 heteroatoms. The number of nitrogens with zero attached hydrogens (tertiary/aromatic N) is 2. The summed E-state index contributed by atoms with van der Waals surface area (Å²) in [6, 6.07) is 6.35. The van der Waals surface area contributed by atoms with E-state index in [1.165, 1.54) is 4.90 Å². The van der Waals surface area contributed by atoms with Gasteiger partial charge in [0.05, 0.1) is 16.0 Å². The number of benzene rings is 1. The van der Waals surface area contributed by atoms with E-state index in [1.54, 1.807) is 31.2 Å². The van der Waals surface area contributed by atoms with E-state index in [1.807, 2.05) is 20.8 Å². The molecule has 1 heterocycles. The molecule has 7 nitrogen and oxygen atoms in total. The Balaban J connectivity index is 2.04. The summed E-state index contributed by atoms with van der Waals surface area (Å²) in [6.45, 7) is 7.08. The summed E-state index contributed by atoms with van der Waals surface area (Å²) in [6.07, 6.45) is 0. The molecule has 140 valence electrons. The van der Waals surface area contributed by atoms with Crippen molar-refractivity contribution in [3.63, 3.8) is 0 Å². The van der Waals surface area contributed by atoms with Crippen molar-refractivity contribution >= 4 is 52.1 Å². The summed E-state index contributed by atoms with van der Waals surface area (Å²) >= 11 is 7.27. The summed E-state index contributed by atoms with van der Waals surface area (Å²) in [5, 5.41) is 5.11. The van der Waals surface area contributed by atoms with Crippen molar-refractivity contribution in [1.29, 1.82) is 0 Å². The zero-order chi connectivity index (χ0) is 19.5. The molecule has 0 bridgehead atoms. The van der Waals surface area contributed by atoms with Crippen LogP contribution in [0, 0.1) is 0 Å². The Kier molecular flexibility index (Phi) is 6.30. The number of thioether (sulfide) groups is 1. The van der Waals surface area contributed by atoms with Crippen molar-refractivity contribution < 1.29 is 14.4 Å². The number of imide groups is 1. The number of urea groups is 1. The molecule has 0 fully saturated rings. The molecule has 0 spiro atoms. The molecule has 0 aliphatic carbocycles. The van der Waals surface area contributed by atoms with E-state index in [2.05, 4.69) is 15.6 Å². The van der Waals surface area contributed by atoms with Crippen LogP contribution in [-0.4, -0.2) is 40.3 Å². The first kappa shape index (κ1) is 20.3. The molecule has 1 atom stereocenters. The lowest BCUT2D eigenvalue weighted by Gasteiger charge is -2.22. The van der Waals surface area contributed by atoms with Crippen LogP contribution < -0.4 is 15.5 Å². The highest BCUT2D eigenvalue weighted by Crippen LogP contribution is 2.31. The number of carbonyl (C=O) groups excluding carboxylic acids is 3. The molecule has 0 radical (unpaired) electrons. The average molecular weight is 397 g/mol. The van der Waals surface area contributed by atoms with Crippen molar-refractivity contribution in [2.75, 3.05) is 11.4 Å². The van der Waals surface area contributed by atoms with Gasteiger partial charge in [0.25, 0.3) is 5.91 Å². The fourth-order valence-electron chi connectivity index (χ4n) is 2.14. The van der Waals surface area contributed by atoms with Crippen LogP contribution in [0.1, 0.15) is 27.7 Å². The maximum absolute atomic E-state index is 12.2. The lowest BCUT2D eigenvalue weighted by Crippen LogP contribution is -2.50. The zero-order valence-corrected chi connectivity index (χ0v) is 16.6. The Morgan fingerprint density at radius 3 is 2.58 bits per heavy atom. The number of para-hydroxylation sites is 1. The molecule has 26 heavy (non-hydrogen) atoms. The van der Waals surface area contributed by atoms with Crippen LogP contribution >= 0.6 is 23.4 Å². The van der Waals surface area contributed by atoms with Gasteiger partial charge in [0, 0.05) is 5.54 Å². The summed E-state index contributed by atoms with van der Waals surface area (Å²) in [5.41, 5.74) is 0.0600. The monoisotopic (exact) mass is 396 g/mol.